The second kappa shape index (κ2) is 4.56. The summed E-state index contributed by atoms with van der Waals surface area (Å²) >= 11 is 6.11. The molecule has 1 aromatic carbocycles. The molecule has 1 aromatic rings. The van der Waals surface area contributed by atoms with Crippen molar-refractivity contribution in [2.24, 2.45) is 0 Å². The SMILES string of the molecule is [2H]C1([2H])CC(=O)[C@@](NC)(c2ccccc2Cl)C([2H])([2H])C1([2H])[2H]. The second-order valence-corrected chi connectivity index (χ2v) is 3.91. The summed E-state index contributed by atoms with van der Waals surface area (Å²) in [6.07, 6.45) is -9.10. The van der Waals surface area contributed by atoms with E-state index in [1.54, 1.807) is 12.1 Å². The fourth-order valence-electron chi connectivity index (χ4n) is 1.78. The van der Waals surface area contributed by atoms with Gasteiger partial charge in [-0.1, -0.05) is 36.2 Å². The zero-order valence-corrected chi connectivity index (χ0v) is 9.56. The maximum atomic E-state index is 12.7. The van der Waals surface area contributed by atoms with Gasteiger partial charge in [0.15, 0.2) is 5.78 Å². The molecule has 3 heteroatoms. The summed E-state index contributed by atoms with van der Waals surface area (Å²) in [6, 6.07) is 6.12. The molecule has 0 amide bonds. The molecule has 2 rings (SSSR count). The van der Waals surface area contributed by atoms with Gasteiger partial charge in [-0.15, -0.1) is 0 Å². The van der Waals surface area contributed by atoms with Crippen LogP contribution < -0.4 is 5.32 Å². The normalized spacial score (nSPS) is 40.8. The van der Waals surface area contributed by atoms with E-state index in [1.807, 2.05) is 0 Å². The van der Waals surface area contributed by atoms with E-state index in [0.717, 1.165) is 0 Å². The molecule has 1 aliphatic rings. The molecule has 16 heavy (non-hydrogen) atoms. The number of hydrogen-bond donors (Lipinski definition) is 1. The monoisotopic (exact) mass is 243 g/mol. The molecule has 0 saturated heterocycles. The Balaban J connectivity index is 2.80. The van der Waals surface area contributed by atoms with Crippen LogP contribution in [0.15, 0.2) is 24.3 Å². The molecular weight excluding hydrogens is 222 g/mol. The first-order valence-electron chi connectivity index (χ1n) is 7.93. The summed E-state index contributed by atoms with van der Waals surface area (Å²) in [6.45, 7) is 0. The van der Waals surface area contributed by atoms with Crippen LogP contribution in [0.5, 0.6) is 0 Å². The van der Waals surface area contributed by atoms with Gasteiger partial charge in [0.25, 0.3) is 0 Å². The molecule has 1 atom stereocenters. The Labute approximate surface area is 109 Å². The molecule has 0 aromatic heterocycles. The molecule has 0 unspecified atom stereocenters. The van der Waals surface area contributed by atoms with Gasteiger partial charge >= 0.3 is 0 Å². The van der Waals surface area contributed by atoms with Crippen LogP contribution in [0.4, 0.5) is 0 Å². The van der Waals surface area contributed by atoms with E-state index >= 15 is 0 Å². The minimum atomic E-state index is -2.89. The number of carbonyl (C=O) groups excluding carboxylic acids is 1. The zero-order chi connectivity index (χ0) is 17.0. The lowest BCUT2D eigenvalue weighted by molar-refractivity contribution is -0.127. The van der Waals surface area contributed by atoms with Crippen LogP contribution in [0, 0.1) is 0 Å². The van der Waals surface area contributed by atoms with Crippen molar-refractivity contribution in [3.8, 4) is 0 Å². The largest absolute Gasteiger partial charge is 0.304 e. The van der Waals surface area contributed by atoms with E-state index < -0.39 is 36.9 Å². The van der Waals surface area contributed by atoms with Crippen molar-refractivity contribution in [1.29, 1.82) is 0 Å². The smallest absolute Gasteiger partial charge is 0.157 e. The summed E-state index contributed by atoms with van der Waals surface area (Å²) in [5.41, 5.74) is -1.95. The predicted molar refractivity (Wildman–Crippen MR) is 65.7 cm³/mol. The molecule has 86 valence electrons. The molecule has 0 bridgehead atoms. The predicted octanol–water partition coefficient (Wildman–Crippen LogP) is 2.90. The third-order valence-corrected chi connectivity index (χ3v) is 2.99. The minimum Gasteiger partial charge on any atom is -0.304 e. The maximum Gasteiger partial charge on any atom is 0.157 e. The highest BCUT2D eigenvalue weighted by molar-refractivity contribution is 6.31. The number of likely N-dealkylation sites (N-methyl/N-ethyl adjacent to an activating group) is 1. The van der Waals surface area contributed by atoms with E-state index in [4.69, 9.17) is 19.8 Å². The summed E-state index contributed by atoms with van der Waals surface area (Å²) in [5, 5.41) is 2.71. The van der Waals surface area contributed by atoms with Crippen LogP contribution in [-0.2, 0) is 10.3 Å². The first kappa shape index (κ1) is 6.18. The first-order valence-corrected chi connectivity index (χ1v) is 5.31. The Morgan fingerprint density at radius 1 is 1.44 bits per heavy atom. The standard InChI is InChI=1S/C13H16ClNO/c1-15-13(9-5-4-8-12(13)16)10-6-2-3-7-11(10)14/h2-3,6-7,15H,4-5,8-9H2,1H3/t13-/m0/s1/i4D2,5D2,9D2. The molecule has 0 radical (unpaired) electrons. The van der Waals surface area contributed by atoms with Crippen LogP contribution in [0.1, 0.15) is 39.3 Å². The summed E-state index contributed by atoms with van der Waals surface area (Å²) in [4.78, 5) is 12.7. The van der Waals surface area contributed by atoms with E-state index in [-0.39, 0.29) is 10.6 Å². The molecule has 2 nitrogen and oxygen atoms in total. The third-order valence-electron chi connectivity index (χ3n) is 2.66. The van der Waals surface area contributed by atoms with E-state index in [2.05, 4.69) is 5.32 Å². The van der Waals surface area contributed by atoms with Gasteiger partial charge in [-0.05, 0) is 31.4 Å². The van der Waals surface area contributed by atoms with Crippen molar-refractivity contribution in [3.63, 3.8) is 0 Å². The molecule has 0 heterocycles. The van der Waals surface area contributed by atoms with Crippen molar-refractivity contribution in [2.45, 2.75) is 31.1 Å². The van der Waals surface area contributed by atoms with Gasteiger partial charge in [0.2, 0.25) is 0 Å². The van der Waals surface area contributed by atoms with Crippen molar-refractivity contribution in [1.82, 2.24) is 5.32 Å². The Morgan fingerprint density at radius 3 is 2.88 bits per heavy atom. The average molecular weight is 244 g/mol. The van der Waals surface area contributed by atoms with Crippen molar-refractivity contribution in [3.05, 3.63) is 34.9 Å². The van der Waals surface area contributed by atoms with Crippen LogP contribution in [-0.4, -0.2) is 12.8 Å². The van der Waals surface area contributed by atoms with Gasteiger partial charge in [0.05, 0.1) is 0 Å². The van der Waals surface area contributed by atoms with Gasteiger partial charge in [-0.2, -0.15) is 0 Å². The highest BCUT2D eigenvalue weighted by Gasteiger charge is 2.40. The Morgan fingerprint density at radius 2 is 2.19 bits per heavy atom. The quantitative estimate of drug-likeness (QED) is 0.866. The summed E-state index contributed by atoms with van der Waals surface area (Å²) in [5.74, 6) is -0.770. The first-order chi connectivity index (χ1) is 9.95. The van der Waals surface area contributed by atoms with Gasteiger partial charge in [0.1, 0.15) is 5.54 Å². The number of nitrogens with one attached hydrogen (secondary N) is 1. The molecule has 1 saturated carbocycles. The Hall–Kier alpha value is -0.860. The Bertz CT molecular complexity index is 620. The van der Waals surface area contributed by atoms with Gasteiger partial charge in [0, 0.05) is 19.7 Å². The van der Waals surface area contributed by atoms with Crippen LogP contribution in [0.3, 0.4) is 0 Å². The topological polar surface area (TPSA) is 29.1 Å². The number of benzene rings is 1. The van der Waals surface area contributed by atoms with E-state index in [9.17, 15) is 4.79 Å². The van der Waals surface area contributed by atoms with Crippen molar-refractivity contribution >= 4 is 17.4 Å². The molecule has 1 N–H and O–H groups in total. The van der Waals surface area contributed by atoms with Gasteiger partial charge < -0.3 is 5.32 Å². The third kappa shape index (κ3) is 1.76. The van der Waals surface area contributed by atoms with Crippen molar-refractivity contribution in [2.75, 3.05) is 7.05 Å². The molecular formula is C13H16ClNO. The second-order valence-electron chi connectivity index (χ2n) is 3.51. The lowest BCUT2D eigenvalue weighted by atomic mass is 9.75. The molecule has 1 fully saturated rings. The number of hydrogen-bond acceptors (Lipinski definition) is 2. The highest BCUT2D eigenvalue weighted by Crippen LogP contribution is 2.37. The number of ketones is 1. The number of carbonyl (C=O) groups is 1. The van der Waals surface area contributed by atoms with E-state index in [0.29, 0.717) is 0 Å². The molecule has 0 spiro atoms. The number of rotatable bonds is 2. The summed E-state index contributed by atoms with van der Waals surface area (Å²) in [7, 11) is 1.34. The fourth-order valence-corrected chi connectivity index (χ4v) is 2.06. The lowest BCUT2D eigenvalue weighted by Crippen LogP contribution is -2.49. The average Bonchev–Trinajstić information content (AvgIpc) is 2.39. The fraction of sp³-hybridized carbons (Fsp3) is 0.462. The van der Waals surface area contributed by atoms with Gasteiger partial charge in [-0.25, -0.2) is 0 Å². The molecule has 0 aliphatic heterocycles. The van der Waals surface area contributed by atoms with E-state index in [1.165, 1.54) is 19.2 Å². The Kier molecular flexibility index (Phi) is 1.76. The maximum absolute atomic E-state index is 12.7. The van der Waals surface area contributed by atoms with Crippen LogP contribution in [0.2, 0.25) is 5.02 Å². The van der Waals surface area contributed by atoms with Crippen molar-refractivity contribution < 1.29 is 13.0 Å². The number of halogens is 1. The lowest BCUT2D eigenvalue weighted by Gasteiger charge is -2.36. The van der Waals surface area contributed by atoms with Crippen LogP contribution >= 0.6 is 11.6 Å². The number of Topliss-reactive ketones (excluding diaryl/α,β-unsaturated/α-hetero) is 1. The summed E-state index contributed by atoms with van der Waals surface area (Å²) < 4.78 is 48.0. The molecule has 1 aliphatic carbocycles. The highest BCUT2D eigenvalue weighted by atomic mass is 35.5. The zero-order valence-electron chi connectivity index (χ0n) is 14.8. The van der Waals surface area contributed by atoms with Gasteiger partial charge in [-0.3, -0.25) is 4.79 Å². The minimum absolute atomic E-state index is 0.105. The van der Waals surface area contributed by atoms with Crippen LogP contribution in [0.25, 0.3) is 0 Å².